The topological polar surface area (TPSA) is 96.2 Å². The highest BCUT2D eigenvalue weighted by Crippen LogP contribution is 2.20. The Balaban J connectivity index is 1.53. The first-order valence-electron chi connectivity index (χ1n) is 10.3. The molecule has 1 aliphatic rings. The first-order valence-corrected chi connectivity index (χ1v) is 10.3. The van der Waals surface area contributed by atoms with Crippen LogP contribution in [0.1, 0.15) is 24.3 Å². The van der Waals surface area contributed by atoms with Gasteiger partial charge in [-0.05, 0) is 18.2 Å². The highest BCUT2D eigenvalue weighted by Gasteiger charge is 2.26. The Morgan fingerprint density at radius 1 is 0.968 bits per heavy atom. The van der Waals surface area contributed by atoms with Crippen LogP contribution < -0.4 is 10.2 Å². The van der Waals surface area contributed by atoms with Crippen LogP contribution in [0, 0.1) is 5.92 Å². The van der Waals surface area contributed by atoms with Crippen LogP contribution in [0.5, 0.6) is 0 Å². The molecule has 0 aliphatic carbocycles. The number of amides is 2. The number of rotatable bonds is 5. The molecule has 31 heavy (non-hydrogen) atoms. The lowest BCUT2D eigenvalue weighted by Crippen LogP contribution is -2.49. The second-order valence-electron chi connectivity index (χ2n) is 7.63. The van der Waals surface area contributed by atoms with Gasteiger partial charge in [-0.25, -0.2) is 14.6 Å². The van der Waals surface area contributed by atoms with E-state index in [-0.39, 0.29) is 17.7 Å². The molecular formula is C22H25N7O2. The molecular weight excluding hydrogens is 394 g/mol. The lowest BCUT2D eigenvalue weighted by atomic mass is 10.2. The summed E-state index contributed by atoms with van der Waals surface area (Å²) in [4.78, 5) is 37.8. The van der Waals surface area contributed by atoms with Gasteiger partial charge in [-0.15, -0.1) is 0 Å². The van der Waals surface area contributed by atoms with Crippen LogP contribution in [0.4, 0.5) is 11.8 Å². The molecule has 1 N–H and O–H groups in total. The van der Waals surface area contributed by atoms with E-state index in [1.165, 1.54) is 0 Å². The molecule has 1 saturated heterocycles. The van der Waals surface area contributed by atoms with Gasteiger partial charge in [0.15, 0.2) is 5.69 Å². The van der Waals surface area contributed by atoms with Gasteiger partial charge in [0, 0.05) is 50.6 Å². The van der Waals surface area contributed by atoms with Crippen LogP contribution in [0.15, 0.2) is 54.9 Å². The van der Waals surface area contributed by atoms with E-state index in [0.717, 1.165) is 5.69 Å². The summed E-state index contributed by atoms with van der Waals surface area (Å²) in [6.45, 7) is 6.02. The molecule has 0 spiro atoms. The average Bonchev–Trinajstić information content (AvgIpc) is 3.23. The summed E-state index contributed by atoms with van der Waals surface area (Å²) in [6.07, 6.45) is 3.42. The fourth-order valence-corrected chi connectivity index (χ4v) is 3.34. The van der Waals surface area contributed by atoms with Crippen LogP contribution >= 0.6 is 0 Å². The van der Waals surface area contributed by atoms with Gasteiger partial charge in [-0.1, -0.05) is 32.0 Å². The van der Waals surface area contributed by atoms with Gasteiger partial charge in [-0.2, -0.15) is 5.10 Å². The highest BCUT2D eigenvalue weighted by atomic mass is 16.2. The van der Waals surface area contributed by atoms with E-state index in [9.17, 15) is 9.59 Å². The van der Waals surface area contributed by atoms with Gasteiger partial charge in [0.25, 0.3) is 5.91 Å². The lowest BCUT2D eigenvalue weighted by Gasteiger charge is -2.34. The summed E-state index contributed by atoms with van der Waals surface area (Å²) in [5.41, 5.74) is 1.07. The number of anilines is 2. The first-order chi connectivity index (χ1) is 15.0. The van der Waals surface area contributed by atoms with Crippen molar-refractivity contribution in [1.82, 2.24) is 24.6 Å². The number of aromatic nitrogens is 4. The predicted molar refractivity (Wildman–Crippen MR) is 117 cm³/mol. The highest BCUT2D eigenvalue weighted by molar-refractivity contribution is 5.96. The molecule has 4 rings (SSSR count). The summed E-state index contributed by atoms with van der Waals surface area (Å²) in [5, 5.41) is 7.40. The van der Waals surface area contributed by atoms with Crippen molar-refractivity contribution >= 4 is 23.6 Å². The van der Waals surface area contributed by atoms with E-state index in [0.29, 0.717) is 43.6 Å². The Kier molecular flexibility index (Phi) is 5.92. The molecule has 160 valence electrons. The van der Waals surface area contributed by atoms with Crippen molar-refractivity contribution in [3.63, 3.8) is 0 Å². The minimum absolute atomic E-state index is 0.132. The van der Waals surface area contributed by atoms with Crippen molar-refractivity contribution in [1.29, 1.82) is 0 Å². The van der Waals surface area contributed by atoms with E-state index in [1.807, 2.05) is 44.2 Å². The summed E-state index contributed by atoms with van der Waals surface area (Å²) in [5.74, 6) is 0.661. The Morgan fingerprint density at radius 2 is 1.65 bits per heavy atom. The first kappa shape index (κ1) is 20.5. The van der Waals surface area contributed by atoms with E-state index >= 15 is 0 Å². The van der Waals surface area contributed by atoms with Crippen molar-refractivity contribution in [3.8, 4) is 5.69 Å². The third kappa shape index (κ3) is 4.55. The molecule has 0 bridgehead atoms. The molecule has 2 aromatic heterocycles. The van der Waals surface area contributed by atoms with Crippen molar-refractivity contribution in [2.75, 3.05) is 36.4 Å². The van der Waals surface area contributed by atoms with Crippen molar-refractivity contribution in [2.24, 2.45) is 5.92 Å². The molecule has 3 aromatic rings. The van der Waals surface area contributed by atoms with Crippen LogP contribution in [-0.2, 0) is 4.79 Å². The number of para-hydroxylation sites is 1. The van der Waals surface area contributed by atoms with Crippen LogP contribution in [0.2, 0.25) is 0 Å². The molecule has 1 aromatic carbocycles. The second-order valence-corrected chi connectivity index (χ2v) is 7.63. The number of carbonyl (C=O) groups excluding carboxylic acids is 2. The lowest BCUT2D eigenvalue weighted by molar-refractivity contribution is -0.118. The fraction of sp³-hybridized carbons (Fsp3) is 0.318. The third-order valence-electron chi connectivity index (χ3n) is 5.11. The maximum Gasteiger partial charge on any atom is 0.274 e. The molecule has 0 saturated carbocycles. The molecule has 1 aliphatic heterocycles. The number of nitrogens with one attached hydrogen (secondary N) is 1. The molecule has 0 unspecified atom stereocenters. The number of hydrogen-bond acceptors (Lipinski definition) is 6. The van der Waals surface area contributed by atoms with E-state index in [2.05, 4.69) is 25.3 Å². The van der Waals surface area contributed by atoms with Gasteiger partial charge >= 0.3 is 0 Å². The van der Waals surface area contributed by atoms with Crippen molar-refractivity contribution in [2.45, 2.75) is 13.8 Å². The number of piperazine rings is 1. The maximum absolute atomic E-state index is 13.1. The third-order valence-corrected chi connectivity index (χ3v) is 5.11. The van der Waals surface area contributed by atoms with Gasteiger partial charge in [-0.3, -0.25) is 9.59 Å². The fourth-order valence-electron chi connectivity index (χ4n) is 3.34. The Hall–Kier alpha value is -3.75. The number of benzene rings is 1. The van der Waals surface area contributed by atoms with E-state index in [1.54, 1.807) is 34.1 Å². The van der Waals surface area contributed by atoms with Crippen LogP contribution in [-0.4, -0.2) is 62.6 Å². The summed E-state index contributed by atoms with van der Waals surface area (Å²) < 4.78 is 1.60. The zero-order chi connectivity index (χ0) is 21.8. The average molecular weight is 419 g/mol. The van der Waals surface area contributed by atoms with E-state index in [4.69, 9.17) is 0 Å². The number of carbonyl (C=O) groups is 2. The van der Waals surface area contributed by atoms with Gasteiger partial charge in [0.2, 0.25) is 11.9 Å². The summed E-state index contributed by atoms with van der Waals surface area (Å²) in [6, 6.07) is 12.9. The summed E-state index contributed by atoms with van der Waals surface area (Å²) in [7, 11) is 0. The molecule has 1 fully saturated rings. The summed E-state index contributed by atoms with van der Waals surface area (Å²) >= 11 is 0. The molecule has 0 atom stereocenters. The molecule has 0 radical (unpaired) electrons. The minimum atomic E-state index is -0.188. The van der Waals surface area contributed by atoms with E-state index < -0.39 is 0 Å². The maximum atomic E-state index is 13.1. The Labute approximate surface area is 180 Å². The number of hydrogen-bond donors (Lipinski definition) is 1. The zero-order valence-corrected chi connectivity index (χ0v) is 17.6. The smallest absolute Gasteiger partial charge is 0.274 e. The van der Waals surface area contributed by atoms with Crippen molar-refractivity contribution < 1.29 is 9.59 Å². The quantitative estimate of drug-likeness (QED) is 0.681. The standard InChI is InChI=1S/C22H25N7O2/c1-16(2)20(30)25-19-15-18(26-29(19)17-7-4-3-5-8-17)21(31)27-11-13-28(14-12-27)22-23-9-6-10-24-22/h3-10,15-16H,11-14H2,1-2H3,(H,25,30). The van der Waals surface area contributed by atoms with Crippen molar-refractivity contribution in [3.05, 3.63) is 60.6 Å². The van der Waals surface area contributed by atoms with Gasteiger partial charge in [0.05, 0.1) is 5.69 Å². The second kappa shape index (κ2) is 8.95. The minimum Gasteiger partial charge on any atom is -0.337 e. The van der Waals surface area contributed by atoms with Gasteiger partial charge < -0.3 is 15.1 Å². The largest absolute Gasteiger partial charge is 0.337 e. The SMILES string of the molecule is CC(C)C(=O)Nc1cc(C(=O)N2CCN(c3ncccn3)CC2)nn1-c1ccccc1. The molecule has 3 heterocycles. The zero-order valence-electron chi connectivity index (χ0n) is 17.6. The monoisotopic (exact) mass is 419 g/mol. The number of nitrogens with zero attached hydrogens (tertiary/aromatic N) is 6. The molecule has 9 nitrogen and oxygen atoms in total. The Morgan fingerprint density at radius 3 is 2.29 bits per heavy atom. The molecule has 2 amide bonds. The predicted octanol–water partition coefficient (Wildman–Crippen LogP) is 2.22. The van der Waals surface area contributed by atoms with Gasteiger partial charge in [0.1, 0.15) is 5.82 Å². The molecule has 9 heteroatoms. The van der Waals surface area contributed by atoms with Crippen LogP contribution in [0.3, 0.4) is 0 Å². The normalized spacial score (nSPS) is 14.0. The Bertz CT molecular complexity index is 1040. The van der Waals surface area contributed by atoms with Crippen LogP contribution in [0.25, 0.3) is 5.69 Å².